The van der Waals surface area contributed by atoms with Crippen LogP contribution in [0.4, 0.5) is 0 Å². The minimum absolute atomic E-state index is 0.0804. The number of halogens is 2. The van der Waals surface area contributed by atoms with Gasteiger partial charge in [-0.2, -0.15) is 0 Å². The van der Waals surface area contributed by atoms with E-state index in [4.69, 9.17) is 27.6 Å². The molecular weight excluding hydrogens is 287 g/mol. The number of carbonyl (C=O) groups is 1. The Labute approximate surface area is 121 Å². The molecule has 3 nitrogen and oxygen atoms in total. The second-order valence-corrected chi connectivity index (χ2v) is 4.92. The van der Waals surface area contributed by atoms with Crippen LogP contribution in [-0.4, -0.2) is 13.1 Å². The maximum absolute atomic E-state index is 11.3. The van der Waals surface area contributed by atoms with E-state index in [0.29, 0.717) is 15.8 Å². The first kappa shape index (κ1) is 14.0. The Morgan fingerprint density at radius 2 is 2.00 bits per heavy atom. The highest BCUT2D eigenvalue weighted by Crippen LogP contribution is 2.32. The quantitative estimate of drug-likeness (QED) is 0.782. The molecule has 0 aliphatic rings. The summed E-state index contributed by atoms with van der Waals surface area (Å²) in [7, 11) is 1.31. The van der Waals surface area contributed by atoms with Crippen molar-refractivity contribution in [1.82, 2.24) is 0 Å². The van der Waals surface area contributed by atoms with Gasteiger partial charge in [-0.05, 0) is 29.8 Å². The standard InChI is InChI=1S/C14H12Cl2O3/c1-8(10-4-3-9(15)7-11(10)16)12-5-6-13(19-12)14(17)18-2/h3-8H,1-2H3. The molecule has 1 atom stereocenters. The molecule has 0 spiro atoms. The lowest BCUT2D eigenvalue weighted by atomic mass is 9.99. The Morgan fingerprint density at radius 1 is 1.26 bits per heavy atom. The number of hydrogen-bond donors (Lipinski definition) is 0. The van der Waals surface area contributed by atoms with E-state index in [2.05, 4.69) is 4.74 Å². The molecule has 19 heavy (non-hydrogen) atoms. The zero-order valence-corrected chi connectivity index (χ0v) is 12.0. The maximum atomic E-state index is 11.3. The summed E-state index contributed by atoms with van der Waals surface area (Å²) in [5.74, 6) is 0.239. The predicted octanol–water partition coefficient (Wildman–Crippen LogP) is 4.52. The van der Waals surface area contributed by atoms with Crippen LogP contribution in [0.5, 0.6) is 0 Å². The lowest BCUT2D eigenvalue weighted by molar-refractivity contribution is 0.0563. The first-order valence-electron chi connectivity index (χ1n) is 5.66. The van der Waals surface area contributed by atoms with Gasteiger partial charge in [-0.1, -0.05) is 36.2 Å². The molecule has 0 aliphatic carbocycles. The van der Waals surface area contributed by atoms with E-state index >= 15 is 0 Å². The molecule has 0 saturated heterocycles. The van der Waals surface area contributed by atoms with Gasteiger partial charge >= 0.3 is 5.97 Å². The number of rotatable bonds is 3. The van der Waals surface area contributed by atoms with Crippen molar-refractivity contribution in [2.24, 2.45) is 0 Å². The van der Waals surface area contributed by atoms with Crippen LogP contribution >= 0.6 is 23.2 Å². The predicted molar refractivity (Wildman–Crippen MR) is 74.0 cm³/mol. The van der Waals surface area contributed by atoms with Gasteiger partial charge in [-0.3, -0.25) is 0 Å². The van der Waals surface area contributed by atoms with Crippen molar-refractivity contribution in [3.05, 3.63) is 57.5 Å². The Balaban J connectivity index is 2.31. The first-order valence-corrected chi connectivity index (χ1v) is 6.41. The smallest absolute Gasteiger partial charge is 0.373 e. The van der Waals surface area contributed by atoms with Crippen molar-refractivity contribution in [1.29, 1.82) is 0 Å². The summed E-state index contributed by atoms with van der Waals surface area (Å²) in [5, 5.41) is 1.15. The summed E-state index contributed by atoms with van der Waals surface area (Å²) in [6.07, 6.45) is 0. The second kappa shape index (κ2) is 5.68. The molecule has 1 aromatic carbocycles. The molecule has 0 bridgehead atoms. The fourth-order valence-corrected chi connectivity index (χ4v) is 2.37. The van der Waals surface area contributed by atoms with Gasteiger partial charge in [0.25, 0.3) is 0 Å². The Morgan fingerprint density at radius 3 is 2.63 bits per heavy atom. The van der Waals surface area contributed by atoms with Crippen LogP contribution in [0.1, 0.15) is 34.7 Å². The van der Waals surface area contributed by atoms with E-state index in [9.17, 15) is 4.79 Å². The molecule has 0 aliphatic heterocycles. The van der Waals surface area contributed by atoms with Crippen molar-refractivity contribution >= 4 is 29.2 Å². The first-order chi connectivity index (χ1) is 9.02. The summed E-state index contributed by atoms with van der Waals surface area (Å²) >= 11 is 12.0. The van der Waals surface area contributed by atoms with Crippen LogP contribution in [0.2, 0.25) is 10.0 Å². The Kier molecular flexibility index (Phi) is 4.17. The lowest BCUT2D eigenvalue weighted by Crippen LogP contribution is -1.99. The van der Waals surface area contributed by atoms with E-state index in [1.807, 2.05) is 13.0 Å². The zero-order chi connectivity index (χ0) is 14.0. The lowest BCUT2D eigenvalue weighted by Gasteiger charge is -2.11. The summed E-state index contributed by atoms with van der Waals surface area (Å²) in [5.41, 5.74) is 0.886. The van der Waals surface area contributed by atoms with Crippen molar-refractivity contribution in [2.75, 3.05) is 7.11 Å². The number of benzene rings is 1. The fraction of sp³-hybridized carbons (Fsp3) is 0.214. The van der Waals surface area contributed by atoms with E-state index in [1.54, 1.807) is 24.3 Å². The molecular formula is C14H12Cl2O3. The highest BCUT2D eigenvalue weighted by Gasteiger charge is 2.18. The summed E-state index contributed by atoms with van der Waals surface area (Å²) < 4.78 is 10.1. The third-order valence-corrected chi connectivity index (χ3v) is 3.43. The number of esters is 1. The van der Waals surface area contributed by atoms with Gasteiger partial charge in [0.2, 0.25) is 5.76 Å². The minimum atomic E-state index is -0.499. The summed E-state index contributed by atoms with van der Waals surface area (Å²) in [6, 6.07) is 8.61. The molecule has 2 aromatic rings. The van der Waals surface area contributed by atoms with Crippen LogP contribution in [0.3, 0.4) is 0 Å². The molecule has 0 N–H and O–H groups in total. The molecule has 0 radical (unpaired) electrons. The van der Waals surface area contributed by atoms with Gasteiger partial charge in [-0.25, -0.2) is 4.79 Å². The van der Waals surface area contributed by atoms with Gasteiger partial charge in [0.05, 0.1) is 7.11 Å². The van der Waals surface area contributed by atoms with Crippen LogP contribution in [0.25, 0.3) is 0 Å². The number of carbonyl (C=O) groups excluding carboxylic acids is 1. The maximum Gasteiger partial charge on any atom is 0.373 e. The molecule has 5 heteroatoms. The Hall–Kier alpha value is -1.45. The van der Waals surface area contributed by atoms with Gasteiger partial charge in [-0.15, -0.1) is 0 Å². The number of ether oxygens (including phenoxy) is 1. The second-order valence-electron chi connectivity index (χ2n) is 4.08. The third kappa shape index (κ3) is 2.94. The van der Waals surface area contributed by atoms with Crippen LogP contribution in [0.15, 0.2) is 34.7 Å². The highest BCUT2D eigenvalue weighted by atomic mass is 35.5. The van der Waals surface area contributed by atoms with Crippen LogP contribution in [-0.2, 0) is 4.74 Å². The van der Waals surface area contributed by atoms with Crippen molar-refractivity contribution in [2.45, 2.75) is 12.8 Å². The minimum Gasteiger partial charge on any atom is -0.463 e. The van der Waals surface area contributed by atoms with Crippen molar-refractivity contribution < 1.29 is 13.9 Å². The van der Waals surface area contributed by atoms with E-state index < -0.39 is 5.97 Å². The molecule has 0 fully saturated rings. The number of furan rings is 1. The molecule has 100 valence electrons. The monoisotopic (exact) mass is 298 g/mol. The number of methoxy groups -OCH3 is 1. The normalized spacial score (nSPS) is 12.2. The topological polar surface area (TPSA) is 39.4 Å². The van der Waals surface area contributed by atoms with Crippen molar-refractivity contribution in [3.8, 4) is 0 Å². The highest BCUT2D eigenvalue weighted by molar-refractivity contribution is 6.35. The molecule has 1 unspecified atom stereocenters. The summed E-state index contributed by atoms with van der Waals surface area (Å²) in [4.78, 5) is 11.3. The molecule has 1 aromatic heterocycles. The molecule has 2 rings (SSSR count). The van der Waals surface area contributed by atoms with Gasteiger partial charge in [0, 0.05) is 16.0 Å². The zero-order valence-electron chi connectivity index (χ0n) is 10.4. The summed E-state index contributed by atoms with van der Waals surface area (Å²) in [6.45, 7) is 1.94. The van der Waals surface area contributed by atoms with E-state index in [-0.39, 0.29) is 11.7 Å². The van der Waals surface area contributed by atoms with E-state index in [0.717, 1.165) is 5.56 Å². The third-order valence-electron chi connectivity index (χ3n) is 2.87. The van der Waals surface area contributed by atoms with Gasteiger partial charge in [0.15, 0.2) is 0 Å². The fourth-order valence-electron chi connectivity index (χ4n) is 1.80. The van der Waals surface area contributed by atoms with Crippen LogP contribution < -0.4 is 0 Å². The van der Waals surface area contributed by atoms with Crippen molar-refractivity contribution in [3.63, 3.8) is 0 Å². The van der Waals surface area contributed by atoms with Gasteiger partial charge < -0.3 is 9.15 Å². The Bertz CT molecular complexity index is 604. The van der Waals surface area contributed by atoms with E-state index in [1.165, 1.54) is 7.11 Å². The molecule has 1 heterocycles. The number of hydrogen-bond acceptors (Lipinski definition) is 3. The molecule has 0 amide bonds. The van der Waals surface area contributed by atoms with Gasteiger partial charge in [0.1, 0.15) is 5.76 Å². The van der Waals surface area contributed by atoms with Crippen LogP contribution in [0, 0.1) is 0 Å². The average Bonchev–Trinajstić information content (AvgIpc) is 2.86. The molecule has 0 saturated carbocycles. The largest absolute Gasteiger partial charge is 0.463 e. The average molecular weight is 299 g/mol. The SMILES string of the molecule is COC(=O)c1ccc(C(C)c2ccc(Cl)cc2Cl)o1.